The average molecular weight is 457 g/mol. The lowest BCUT2D eigenvalue weighted by Gasteiger charge is -2.06. The van der Waals surface area contributed by atoms with E-state index in [-0.39, 0.29) is 5.91 Å². The van der Waals surface area contributed by atoms with E-state index in [1.807, 2.05) is 78.9 Å². The molecule has 6 rings (SSSR count). The molecule has 4 aromatic carbocycles. The van der Waals surface area contributed by atoms with Gasteiger partial charge in [-0.1, -0.05) is 30.3 Å². The topological polar surface area (TPSA) is 96.7 Å². The first kappa shape index (κ1) is 20.6. The molecule has 0 aliphatic heterocycles. The molecule has 0 saturated carbocycles. The van der Waals surface area contributed by atoms with Crippen molar-refractivity contribution in [3.63, 3.8) is 0 Å². The van der Waals surface area contributed by atoms with Crippen LogP contribution in [0.5, 0.6) is 0 Å². The van der Waals surface area contributed by atoms with Crippen LogP contribution in [0.4, 0.5) is 5.69 Å². The molecule has 0 saturated heterocycles. The van der Waals surface area contributed by atoms with Gasteiger partial charge in [-0.25, -0.2) is 4.98 Å². The number of carbonyl (C=O) groups is 1. The van der Waals surface area contributed by atoms with Crippen molar-refractivity contribution in [3.8, 4) is 34.3 Å². The maximum atomic E-state index is 12.7. The number of nitrogens with one attached hydrogen (secondary N) is 2. The number of anilines is 1. The van der Waals surface area contributed by atoms with Gasteiger partial charge in [0.2, 0.25) is 11.8 Å². The van der Waals surface area contributed by atoms with Crippen LogP contribution in [0.25, 0.3) is 45.3 Å². The molecule has 7 heteroatoms. The number of amides is 1. The summed E-state index contributed by atoms with van der Waals surface area (Å²) in [5.41, 5.74) is 5.67. The highest BCUT2D eigenvalue weighted by Gasteiger charge is 2.12. The van der Waals surface area contributed by atoms with Crippen molar-refractivity contribution in [3.05, 3.63) is 109 Å². The molecule has 7 nitrogen and oxygen atoms in total. The number of aromatic nitrogens is 4. The summed E-state index contributed by atoms with van der Waals surface area (Å²) < 4.78 is 5.79. The molecule has 0 spiro atoms. The van der Waals surface area contributed by atoms with Gasteiger partial charge in [-0.2, -0.15) is 0 Å². The SMILES string of the molecule is O=C(Nc1ccc(-c2nc3ccccc3[nH]2)cc1)c1ccc(-c2nnc(-c3ccccc3)o2)cc1. The van der Waals surface area contributed by atoms with E-state index in [0.717, 1.165) is 33.5 Å². The average Bonchev–Trinajstić information content (AvgIpc) is 3.58. The van der Waals surface area contributed by atoms with Crippen molar-refractivity contribution >= 4 is 22.6 Å². The van der Waals surface area contributed by atoms with E-state index in [0.29, 0.717) is 23.0 Å². The van der Waals surface area contributed by atoms with Crippen molar-refractivity contribution in [2.24, 2.45) is 0 Å². The number of H-pyrrole nitrogens is 1. The molecule has 0 fully saturated rings. The molecule has 2 heterocycles. The molecule has 1 amide bonds. The fourth-order valence-corrected chi connectivity index (χ4v) is 3.81. The number of imidazole rings is 1. The molecule has 0 aliphatic carbocycles. The Balaban J connectivity index is 1.14. The van der Waals surface area contributed by atoms with Gasteiger partial charge in [0.05, 0.1) is 11.0 Å². The molecule has 0 unspecified atom stereocenters. The Labute approximate surface area is 200 Å². The van der Waals surface area contributed by atoms with Crippen molar-refractivity contribution in [2.45, 2.75) is 0 Å². The summed E-state index contributed by atoms with van der Waals surface area (Å²) in [6.07, 6.45) is 0. The molecule has 0 aliphatic rings. The third-order valence-corrected chi connectivity index (χ3v) is 5.65. The first-order chi connectivity index (χ1) is 17.2. The monoisotopic (exact) mass is 457 g/mol. The predicted molar refractivity (Wildman–Crippen MR) is 135 cm³/mol. The van der Waals surface area contributed by atoms with Crippen molar-refractivity contribution in [1.29, 1.82) is 0 Å². The predicted octanol–water partition coefficient (Wildman–Crippen LogP) is 6.20. The highest BCUT2D eigenvalue weighted by Crippen LogP contribution is 2.25. The number of hydrogen-bond acceptors (Lipinski definition) is 5. The van der Waals surface area contributed by atoms with Gasteiger partial charge >= 0.3 is 0 Å². The molecular formula is C28H19N5O2. The molecule has 0 atom stereocenters. The lowest BCUT2D eigenvalue weighted by molar-refractivity contribution is 0.102. The van der Waals surface area contributed by atoms with E-state index in [1.54, 1.807) is 24.3 Å². The van der Waals surface area contributed by atoms with Crippen LogP contribution < -0.4 is 5.32 Å². The van der Waals surface area contributed by atoms with Crippen LogP contribution in [-0.4, -0.2) is 26.1 Å². The number of hydrogen-bond donors (Lipinski definition) is 2. The molecule has 0 radical (unpaired) electrons. The van der Waals surface area contributed by atoms with Gasteiger partial charge in [0.25, 0.3) is 5.91 Å². The molecule has 168 valence electrons. The number of carbonyl (C=O) groups excluding carboxylic acids is 1. The smallest absolute Gasteiger partial charge is 0.255 e. The molecule has 35 heavy (non-hydrogen) atoms. The van der Waals surface area contributed by atoms with Crippen LogP contribution in [0.2, 0.25) is 0 Å². The number of aromatic amines is 1. The molecule has 0 bridgehead atoms. The van der Waals surface area contributed by atoms with Crippen LogP contribution in [0.3, 0.4) is 0 Å². The molecule has 6 aromatic rings. The van der Waals surface area contributed by atoms with Crippen LogP contribution in [0, 0.1) is 0 Å². The van der Waals surface area contributed by atoms with Gasteiger partial charge < -0.3 is 14.7 Å². The van der Waals surface area contributed by atoms with Gasteiger partial charge in [-0.15, -0.1) is 10.2 Å². The van der Waals surface area contributed by atoms with Crippen LogP contribution in [-0.2, 0) is 0 Å². The maximum absolute atomic E-state index is 12.7. The number of benzene rings is 4. The molecular weight excluding hydrogens is 438 g/mol. The summed E-state index contributed by atoms with van der Waals surface area (Å²) in [5, 5.41) is 11.2. The fraction of sp³-hybridized carbons (Fsp3) is 0. The van der Waals surface area contributed by atoms with E-state index in [2.05, 4.69) is 25.5 Å². The van der Waals surface area contributed by atoms with Crippen LogP contribution in [0.1, 0.15) is 10.4 Å². The van der Waals surface area contributed by atoms with Gasteiger partial charge in [-0.3, -0.25) is 4.79 Å². The number of para-hydroxylation sites is 2. The second kappa shape index (κ2) is 8.72. The van der Waals surface area contributed by atoms with Gasteiger partial charge in [0, 0.05) is 27.9 Å². The molecule has 2 N–H and O–H groups in total. The zero-order chi connectivity index (χ0) is 23.6. The summed E-state index contributed by atoms with van der Waals surface area (Å²) in [5.74, 6) is 1.44. The first-order valence-corrected chi connectivity index (χ1v) is 11.1. The first-order valence-electron chi connectivity index (χ1n) is 11.1. The second-order valence-corrected chi connectivity index (χ2v) is 7.99. The van der Waals surface area contributed by atoms with Gasteiger partial charge in [0.15, 0.2) is 0 Å². The summed E-state index contributed by atoms with van der Waals surface area (Å²) in [6.45, 7) is 0. The van der Waals surface area contributed by atoms with Crippen molar-refractivity contribution < 1.29 is 9.21 Å². The summed E-state index contributed by atoms with van der Waals surface area (Å²) in [4.78, 5) is 20.7. The third-order valence-electron chi connectivity index (χ3n) is 5.65. The lowest BCUT2D eigenvalue weighted by atomic mass is 10.1. The zero-order valence-corrected chi connectivity index (χ0v) is 18.5. The lowest BCUT2D eigenvalue weighted by Crippen LogP contribution is -2.11. The minimum atomic E-state index is -0.205. The van der Waals surface area contributed by atoms with E-state index in [1.165, 1.54) is 0 Å². The van der Waals surface area contributed by atoms with Crippen LogP contribution in [0.15, 0.2) is 108 Å². The van der Waals surface area contributed by atoms with Crippen molar-refractivity contribution in [2.75, 3.05) is 5.32 Å². The van der Waals surface area contributed by atoms with E-state index < -0.39 is 0 Å². The van der Waals surface area contributed by atoms with Gasteiger partial charge in [0.1, 0.15) is 5.82 Å². The van der Waals surface area contributed by atoms with Crippen molar-refractivity contribution in [1.82, 2.24) is 20.2 Å². The Kier molecular flexibility index (Phi) is 5.12. The number of fused-ring (bicyclic) bond motifs is 1. The van der Waals surface area contributed by atoms with Crippen LogP contribution >= 0.6 is 0 Å². The van der Waals surface area contributed by atoms with E-state index in [9.17, 15) is 4.79 Å². The normalized spacial score (nSPS) is 11.0. The fourth-order valence-electron chi connectivity index (χ4n) is 3.81. The van der Waals surface area contributed by atoms with Gasteiger partial charge in [-0.05, 0) is 72.8 Å². The maximum Gasteiger partial charge on any atom is 0.255 e. The zero-order valence-electron chi connectivity index (χ0n) is 18.5. The van der Waals surface area contributed by atoms with E-state index in [4.69, 9.17) is 4.42 Å². The Morgan fingerprint density at radius 2 is 1.31 bits per heavy atom. The third kappa shape index (κ3) is 4.18. The summed E-state index contributed by atoms with van der Waals surface area (Å²) in [7, 11) is 0. The number of rotatable bonds is 5. The second-order valence-electron chi connectivity index (χ2n) is 7.99. The molecule has 2 aromatic heterocycles. The standard InChI is InChI=1S/C28H19N5O2/c34-26(29-22-16-14-18(15-17-22)25-30-23-8-4-5-9-24(23)31-25)19-10-12-21(13-11-19)28-33-32-27(35-28)20-6-2-1-3-7-20/h1-17H,(H,29,34)(H,30,31). The minimum absolute atomic E-state index is 0.205. The number of nitrogens with zero attached hydrogens (tertiary/aromatic N) is 3. The van der Waals surface area contributed by atoms with E-state index >= 15 is 0 Å². The summed E-state index contributed by atoms with van der Waals surface area (Å²) >= 11 is 0. The highest BCUT2D eigenvalue weighted by atomic mass is 16.4. The quantitative estimate of drug-likeness (QED) is 0.321. The Hall–Kier alpha value is -5.04. The Bertz CT molecular complexity index is 1590. The highest BCUT2D eigenvalue weighted by molar-refractivity contribution is 6.04. The Morgan fingerprint density at radius 3 is 2.03 bits per heavy atom. The Morgan fingerprint density at radius 1 is 0.686 bits per heavy atom. The minimum Gasteiger partial charge on any atom is -0.416 e. The summed E-state index contributed by atoms with van der Waals surface area (Å²) in [6, 6.07) is 32.1. The largest absolute Gasteiger partial charge is 0.416 e.